The first kappa shape index (κ1) is 18.3. The first-order valence-electron chi connectivity index (χ1n) is 7.84. The molecule has 26 heavy (non-hydrogen) atoms. The van der Waals surface area contributed by atoms with E-state index in [9.17, 15) is 14.4 Å². The molecule has 0 atom stereocenters. The summed E-state index contributed by atoms with van der Waals surface area (Å²) in [6, 6.07) is 7.98. The van der Waals surface area contributed by atoms with Crippen LogP contribution in [0.2, 0.25) is 10.0 Å². The zero-order valence-electron chi connectivity index (χ0n) is 13.6. The molecule has 1 aromatic carbocycles. The number of rotatable bonds is 2. The molecule has 7 nitrogen and oxygen atoms in total. The zero-order chi connectivity index (χ0) is 18.7. The van der Waals surface area contributed by atoms with Gasteiger partial charge in [-0.25, -0.2) is 0 Å². The molecule has 2 heterocycles. The molecule has 3 amide bonds. The highest BCUT2D eigenvalue weighted by molar-refractivity contribution is 6.45. The average Bonchev–Trinajstić information content (AvgIpc) is 3.19. The number of halogens is 2. The van der Waals surface area contributed by atoms with Gasteiger partial charge < -0.3 is 19.5 Å². The topological polar surface area (TPSA) is 82.9 Å². The molecule has 1 N–H and O–H groups in total. The predicted octanol–water partition coefficient (Wildman–Crippen LogP) is 2.51. The Hall–Kier alpha value is -2.51. The van der Waals surface area contributed by atoms with Crippen molar-refractivity contribution in [1.29, 1.82) is 0 Å². The number of furan rings is 1. The van der Waals surface area contributed by atoms with Crippen LogP contribution in [0, 0.1) is 0 Å². The van der Waals surface area contributed by atoms with Crippen molar-refractivity contribution in [2.45, 2.75) is 0 Å². The smallest absolute Gasteiger partial charge is 0.313 e. The summed E-state index contributed by atoms with van der Waals surface area (Å²) in [6.45, 7) is 1.14. The number of piperazine rings is 1. The summed E-state index contributed by atoms with van der Waals surface area (Å²) in [5.74, 6) is -1.48. The van der Waals surface area contributed by atoms with Gasteiger partial charge in [0.25, 0.3) is 5.91 Å². The molecule has 3 rings (SSSR count). The monoisotopic (exact) mass is 395 g/mol. The second-order valence-corrected chi connectivity index (χ2v) is 6.40. The molecule has 1 aliphatic heterocycles. The van der Waals surface area contributed by atoms with E-state index in [4.69, 9.17) is 27.6 Å². The molecule has 1 saturated heterocycles. The van der Waals surface area contributed by atoms with E-state index in [0.717, 1.165) is 0 Å². The summed E-state index contributed by atoms with van der Waals surface area (Å²) in [5.41, 5.74) is 0.268. The fourth-order valence-electron chi connectivity index (χ4n) is 2.59. The molecule has 0 unspecified atom stereocenters. The number of anilines is 1. The molecule has 2 aromatic rings. The van der Waals surface area contributed by atoms with Crippen LogP contribution in [-0.4, -0.2) is 53.7 Å². The van der Waals surface area contributed by atoms with Crippen LogP contribution in [0.25, 0.3) is 0 Å². The van der Waals surface area contributed by atoms with Crippen LogP contribution >= 0.6 is 23.2 Å². The molecule has 0 radical (unpaired) electrons. The maximum absolute atomic E-state index is 12.3. The second-order valence-electron chi connectivity index (χ2n) is 5.62. The molecule has 9 heteroatoms. The number of nitrogens with one attached hydrogen (secondary N) is 1. The Bertz CT molecular complexity index is 831. The molecule has 136 valence electrons. The molecule has 1 fully saturated rings. The van der Waals surface area contributed by atoms with Crippen LogP contribution in [0.15, 0.2) is 41.0 Å². The molecule has 1 aliphatic rings. The summed E-state index contributed by atoms with van der Waals surface area (Å²) in [4.78, 5) is 39.7. The van der Waals surface area contributed by atoms with Crippen molar-refractivity contribution in [1.82, 2.24) is 9.80 Å². The van der Waals surface area contributed by atoms with E-state index >= 15 is 0 Å². The van der Waals surface area contributed by atoms with Gasteiger partial charge in [-0.1, -0.05) is 29.3 Å². The number of benzene rings is 1. The Morgan fingerprint density at radius 3 is 2.31 bits per heavy atom. The quantitative estimate of drug-likeness (QED) is 0.791. The number of carbonyl (C=O) groups excluding carboxylic acids is 3. The van der Waals surface area contributed by atoms with Crippen molar-refractivity contribution < 1.29 is 18.8 Å². The summed E-state index contributed by atoms with van der Waals surface area (Å²) in [5, 5.41) is 2.91. The van der Waals surface area contributed by atoms with Crippen LogP contribution in [0.1, 0.15) is 10.6 Å². The fraction of sp³-hybridized carbons (Fsp3) is 0.235. The van der Waals surface area contributed by atoms with Gasteiger partial charge in [0, 0.05) is 26.2 Å². The van der Waals surface area contributed by atoms with Crippen molar-refractivity contribution >= 4 is 46.6 Å². The van der Waals surface area contributed by atoms with Crippen molar-refractivity contribution in [3.05, 3.63) is 52.4 Å². The lowest BCUT2D eigenvalue weighted by atomic mass is 10.2. The third-order valence-electron chi connectivity index (χ3n) is 3.98. The minimum atomic E-state index is -0.806. The Labute approximate surface area is 159 Å². The van der Waals surface area contributed by atoms with Crippen LogP contribution < -0.4 is 5.32 Å². The summed E-state index contributed by atoms with van der Waals surface area (Å²) in [6.07, 6.45) is 1.43. The van der Waals surface area contributed by atoms with Gasteiger partial charge in [-0.05, 0) is 24.3 Å². The normalized spacial score (nSPS) is 14.2. The van der Waals surface area contributed by atoms with Crippen molar-refractivity contribution in [2.75, 3.05) is 31.5 Å². The molecule has 0 bridgehead atoms. The standard InChI is InChI=1S/C17H15Cl2N3O4/c18-11-3-1-4-12(14(11)19)20-15(23)17(25)22-8-6-21(7-9-22)16(24)13-5-2-10-26-13/h1-5,10H,6-9H2,(H,20,23). The maximum Gasteiger partial charge on any atom is 0.313 e. The lowest BCUT2D eigenvalue weighted by Crippen LogP contribution is -2.52. The lowest BCUT2D eigenvalue weighted by molar-refractivity contribution is -0.144. The Morgan fingerprint density at radius 2 is 1.65 bits per heavy atom. The van der Waals surface area contributed by atoms with Gasteiger partial charge in [-0.15, -0.1) is 0 Å². The molecule has 0 saturated carbocycles. The van der Waals surface area contributed by atoms with Gasteiger partial charge >= 0.3 is 11.8 Å². The summed E-state index contributed by atoms with van der Waals surface area (Å²) >= 11 is 11.9. The van der Waals surface area contributed by atoms with Crippen molar-refractivity contribution in [3.8, 4) is 0 Å². The number of hydrogen-bond acceptors (Lipinski definition) is 4. The average molecular weight is 396 g/mol. The van der Waals surface area contributed by atoms with E-state index < -0.39 is 11.8 Å². The highest BCUT2D eigenvalue weighted by Gasteiger charge is 2.29. The van der Waals surface area contributed by atoms with Crippen molar-refractivity contribution in [3.63, 3.8) is 0 Å². The van der Waals surface area contributed by atoms with Gasteiger partial charge in [0.05, 0.1) is 22.0 Å². The number of amides is 3. The van der Waals surface area contributed by atoms with E-state index in [2.05, 4.69) is 5.32 Å². The van der Waals surface area contributed by atoms with Gasteiger partial charge in [0.15, 0.2) is 5.76 Å². The van der Waals surface area contributed by atoms with E-state index in [1.807, 2.05) is 0 Å². The summed E-state index contributed by atoms with van der Waals surface area (Å²) < 4.78 is 5.09. The molecular weight excluding hydrogens is 381 g/mol. The van der Waals surface area contributed by atoms with Crippen LogP contribution in [0.5, 0.6) is 0 Å². The fourth-order valence-corrected chi connectivity index (χ4v) is 2.94. The van der Waals surface area contributed by atoms with E-state index in [1.165, 1.54) is 11.2 Å². The van der Waals surface area contributed by atoms with Crippen LogP contribution in [0.4, 0.5) is 5.69 Å². The highest BCUT2D eigenvalue weighted by atomic mass is 35.5. The maximum atomic E-state index is 12.3. The van der Waals surface area contributed by atoms with E-state index in [-0.39, 0.29) is 40.5 Å². The Balaban J connectivity index is 1.57. The number of carbonyl (C=O) groups is 3. The largest absolute Gasteiger partial charge is 0.459 e. The van der Waals surface area contributed by atoms with Crippen LogP contribution in [0.3, 0.4) is 0 Å². The van der Waals surface area contributed by atoms with E-state index in [0.29, 0.717) is 13.1 Å². The molecule has 1 aromatic heterocycles. The summed E-state index contributed by atoms with van der Waals surface area (Å²) in [7, 11) is 0. The van der Waals surface area contributed by atoms with Crippen molar-refractivity contribution in [2.24, 2.45) is 0 Å². The van der Waals surface area contributed by atoms with E-state index in [1.54, 1.807) is 35.2 Å². The third-order valence-corrected chi connectivity index (χ3v) is 4.80. The Morgan fingerprint density at radius 1 is 0.962 bits per heavy atom. The van der Waals surface area contributed by atoms with Gasteiger partial charge in [0.1, 0.15) is 0 Å². The lowest BCUT2D eigenvalue weighted by Gasteiger charge is -2.33. The van der Waals surface area contributed by atoms with Gasteiger partial charge in [-0.3, -0.25) is 14.4 Å². The zero-order valence-corrected chi connectivity index (χ0v) is 15.1. The minimum Gasteiger partial charge on any atom is -0.459 e. The second kappa shape index (κ2) is 7.80. The molecule has 0 spiro atoms. The molecule has 0 aliphatic carbocycles. The van der Waals surface area contributed by atoms with Gasteiger partial charge in [-0.2, -0.15) is 0 Å². The molecular formula is C17H15Cl2N3O4. The number of hydrogen-bond donors (Lipinski definition) is 1. The number of nitrogens with zero attached hydrogens (tertiary/aromatic N) is 2. The third kappa shape index (κ3) is 3.84. The first-order chi connectivity index (χ1) is 12.5. The predicted molar refractivity (Wildman–Crippen MR) is 96.3 cm³/mol. The first-order valence-corrected chi connectivity index (χ1v) is 8.60. The Kier molecular flexibility index (Phi) is 5.49. The van der Waals surface area contributed by atoms with Crippen LogP contribution in [-0.2, 0) is 9.59 Å². The highest BCUT2D eigenvalue weighted by Crippen LogP contribution is 2.29. The van der Waals surface area contributed by atoms with Gasteiger partial charge in [0.2, 0.25) is 0 Å². The minimum absolute atomic E-state index is 0.171. The SMILES string of the molecule is O=C(Nc1cccc(Cl)c1Cl)C(=O)N1CCN(C(=O)c2ccco2)CC1.